The van der Waals surface area contributed by atoms with E-state index in [1.165, 1.54) is 12.0 Å². The van der Waals surface area contributed by atoms with Gasteiger partial charge in [0.2, 0.25) is 0 Å². The minimum Gasteiger partial charge on any atom is -0.385 e. The van der Waals surface area contributed by atoms with Crippen molar-refractivity contribution in [1.29, 1.82) is 0 Å². The average Bonchev–Trinajstić information content (AvgIpc) is 3.29. The lowest BCUT2D eigenvalue weighted by Gasteiger charge is -2.36. The Morgan fingerprint density at radius 1 is 1.00 bits per heavy atom. The van der Waals surface area contributed by atoms with Gasteiger partial charge in [-0.1, -0.05) is 79.9 Å². The van der Waals surface area contributed by atoms with Crippen LogP contribution in [0.25, 0.3) is 11.3 Å². The Morgan fingerprint density at radius 2 is 1.75 bits per heavy atom. The number of rotatable bonds is 10. The van der Waals surface area contributed by atoms with Gasteiger partial charge >= 0.3 is 0 Å². The number of hydrogen-bond donors (Lipinski definition) is 1. The van der Waals surface area contributed by atoms with Crippen LogP contribution in [-0.2, 0) is 15.9 Å². The van der Waals surface area contributed by atoms with Crippen LogP contribution >= 0.6 is 12.4 Å². The van der Waals surface area contributed by atoms with E-state index in [9.17, 15) is 4.79 Å². The molecule has 1 aliphatic heterocycles. The lowest BCUT2D eigenvalue weighted by molar-refractivity contribution is 0.00371. The normalized spacial score (nSPS) is 21.4. The molecule has 1 N–H and O–H groups in total. The Balaban J connectivity index is 0.00000370. The van der Waals surface area contributed by atoms with Crippen molar-refractivity contribution in [2.45, 2.75) is 63.1 Å². The van der Waals surface area contributed by atoms with Gasteiger partial charge in [0.15, 0.2) is 5.69 Å². The summed E-state index contributed by atoms with van der Waals surface area (Å²) in [5.41, 5.74) is 3.72. The van der Waals surface area contributed by atoms with E-state index in [2.05, 4.69) is 46.3 Å². The van der Waals surface area contributed by atoms with E-state index >= 15 is 0 Å². The lowest BCUT2D eigenvalue weighted by atomic mass is 10.0. The van der Waals surface area contributed by atoms with E-state index in [1.807, 2.05) is 35.5 Å². The monoisotopic (exact) mass is 566 g/mol. The van der Waals surface area contributed by atoms with Gasteiger partial charge in [0.1, 0.15) is 0 Å². The maximum absolute atomic E-state index is 14.3. The lowest BCUT2D eigenvalue weighted by Crippen LogP contribution is -2.54. The number of imidazole rings is 1. The first-order chi connectivity index (χ1) is 19.3. The first kappa shape index (κ1) is 30.3. The molecule has 1 saturated heterocycles. The predicted molar refractivity (Wildman–Crippen MR) is 161 cm³/mol. The molecule has 1 aromatic heterocycles. The number of halogens is 1. The second kappa shape index (κ2) is 15.3. The molecule has 2 heterocycles. The van der Waals surface area contributed by atoms with Gasteiger partial charge in [-0.2, -0.15) is 0 Å². The van der Waals surface area contributed by atoms with Crippen LogP contribution in [0.1, 0.15) is 60.6 Å². The van der Waals surface area contributed by atoms with E-state index in [0.717, 1.165) is 62.9 Å². The van der Waals surface area contributed by atoms with Gasteiger partial charge in [-0.05, 0) is 31.2 Å². The third-order valence-electron chi connectivity index (χ3n) is 8.07. The Hall–Kier alpha value is -2.71. The van der Waals surface area contributed by atoms with Gasteiger partial charge in [-0.15, -0.1) is 12.4 Å². The van der Waals surface area contributed by atoms with Crippen LogP contribution in [0.5, 0.6) is 0 Å². The molecule has 2 aliphatic rings. The van der Waals surface area contributed by atoms with Crippen molar-refractivity contribution in [3.05, 3.63) is 78.2 Å². The van der Waals surface area contributed by atoms with Gasteiger partial charge in [0.05, 0.1) is 24.2 Å². The molecule has 0 bridgehead atoms. The highest BCUT2D eigenvalue weighted by atomic mass is 35.5. The molecule has 7 nitrogen and oxygen atoms in total. The van der Waals surface area contributed by atoms with Gasteiger partial charge in [-0.25, -0.2) is 4.98 Å². The first-order valence-electron chi connectivity index (χ1n) is 14.5. The van der Waals surface area contributed by atoms with E-state index in [0.29, 0.717) is 25.5 Å². The molecule has 5 rings (SSSR count). The third-order valence-corrected chi connectivity index (χ3v) is 8.07. The Labute approximate surface area is 244 Å². The summed E-state index contributed by atoms with van der Waals surface area (Å²) in [5, 5.41) is 3.49. The smallest absolute Gasteiger partial charge is 0.275 e. The van der Waals surface area contributed by atoms with Crippen LogP contribution in [0.2, 0.25) is 0 Å². The van der Waals surface area contributed by atoms with Crippen molar-refractivity contribution in [3.63, 3.8) is 0 Å². The van der Waals surface area contributed by atoms with Crippen molar-refractivity contribution in [2.75, 3.05) is 40.0 Å². The maximum atomic E-state index is 14.3. The van der Waals surface area contributed by atoms with Crippen LogP contribution < -0.4 is 5.32 Å². The minimum absolute atomic E-state index is 0. The summed E-state index contributed by atoms with van der Waals surface area (Å²) in [7, 11) is 1.73. The number of methoxy groups -OCH3 is 1. The highest BCUT2D eigenvalue weighted by Gasteiger charge is 2.34. The minimum atomic E-state index is 0. The summed E-state index contributed by atoms with van der Waals surface area (Å²) >= 11 is 0. The zero-order valence-corrected chi connectivity index (χ0v) is 24.4. The van der Waals surface area contributed by atoms with Gasteiger partial charge < -0.3 is 24.3 Å². The predicted octanol–water partition coefficient (Wildman–Crippen LogP) is 5.56. The number of ether oxygens (including phenoxy) is 2. The van der Waals surface area contributed by atoms with Crippen molar-refractivity contribution >= 4 is 18.3 Å². The highest BCUT2D eigenvalue weighted by molar-refractivity contribution is 5.98. The van der Waals surface area contributed by atoms with Crippen LogP contribution in [0.15, 0.2) is 67.0 Å². The van der Waals surface area contributed by atoms with Crippen LogP contribution in [-0.4, -0.2) is 72.5 Å². The number of aromatic nitrogens is 2. The number of hydrogen-bond acceptors (Lipinski definition) is 5. The van der Waals surface area contributed by atoms with E-state index in [1.54, 1.807) is 7.11 Å². The molecule has 3 atom stereocenters. The number of nitrogens with one attached hydrogen (secondary N) is 1. The number of carbonyl (C=O) groups excluding carboxylic acids is 1. The molecular formula is C32H43ClN4O3. The summed E-state index contributed by atoms with van der Waals surface area (Å²) < 4.78 is 13.9. The standard InChI is InChI=1S/C32H42N4O3.ClH/c1-38-20-11-21-39-29-17-10-4-9-16-28(29)36-24-34-30(31(36)26-14-7-3-8-15-26)32(37)35-19-18-33-23-27(35)22-25-12-5-2-6-13-25;/h2-3,5-8,12-15,24,27-29,33H,4,9-11,16-23H2,1H3;1H/t27-,28+,29+;/m1./s1. The van der Waals surface area contributed by atoms with Gasteiger partial charge in [-0.3, -0.25) is 4.79 Å². The van der Waals surface area contributed by atoms with E-state index < -0.39 is 0 Å². The zero-order valence-electron chi connectivity index (χ0n) is 23.5. The molecule has 1 amide bonds. The van der Waals surface area contributed by atoms with E-state index in [-0.39, 0.29) is 36.5 Å². The first-order valence-corrected chi connectivity index (χ1v) is 14.5. The number of amides is 1. The summed E-state index contributed by atoms with van der Waals surface area (Å²) in [4.78, 5) is 21.1. The van der Waals surface area contributed by atoms with E-state index in [4.69, 9.17) is 14.5 Å². The fourth-order valence-corrected chi connectivity index (χ4v) is 6.09. The summed E-state index contributed by atoms with van der Waals surface area (Å²) in [5.74, 6) is 0.0150. The Bertz CT molecular complexity index is 1170. The molecule has 1 aliphatic carbocycles. The quantitative estimate of drug-likeness (QED) is 0.257. The molecule has 3 aromatic rings. The zero-order chi connectivity index (χ0) is 26.9. The molecule has 40 heavy (non-hydrogen) atoms. The molecule has 2 fully saturated rings. The van der Waals surface area contributed by atoms with Crippen molar-refractivity contribution in [2.24, 2.45) is 0 Å². The second-order valence-electron chi connectivity index (χ2n) is 10.7. The van der Waals surface area contributed by atoms with Crippen LogP contribution in [0, 0.1) is 0 Å². The SMILES string of the molecule is COCCCO[C@H]1CCCCC[C@@H]1n1cnc(C(=O)N2CCNC[C@H]2Cc2ccccc2)c1-c1ccccc1.Cl. The van der Waals surface area contributed by atoms with Crippen molar-refractivity contribution in [3.8, 4) is 11.3 Å². The molecule has 1 saturated carbocycles. The Morgan fingerprint density at radius 3 is 2.52 bits per heavy atom. The molecule has 0 spiro atoms. The number of carbonyl (C=O) groups is 1. The molecule has 0 unspecified atom stereocenters. The number of nitrogens with zero attached hydrogens (tertiary/aromatic N) is 3. The molecular weight excluding hydrogens is 524 g/mol. The summed E-state index contributed by atoms with van der Waals surface area (Å²) in [6, 6.07) is 20.9. The van der Waals surface area contributed by atoms with Crippen molar-refractivity contribution < 1.29 is 14.3 Å². The molecule has 8 heteroatoms. The largest absolute Gasteiger partial charge is 0.385 e. The number of piperazine rings is 1. The fraction of sp³-hybridized carbons (Fsp3) is 0.500. The average molecular weight is 567 g/mol. The van der Waals surface area contributed by atoms with Crippen LogP contribution in [0.4, 0.5) is 0 Å². The second-order valence-corrected chi connectivity index (χ2v) is 10.7. The Kier molecular flexibility index (Phi) is 11.6. The molecule has 216 valence electrons. The van der Waals surface area contributed by atoms with Crippen molar-refractivity contribution in [1.82, 2.24) is 19.8 Å². The maximum Gasteiger partial charge on any atom is 0.275 e. The highest BCUT2D eigenvalue weighted by Crippen LogP contribution is 2.36. The van der Waals surface area contributed by atoms with Gasteiger partial charge in [0.25, 0.3) is 5.91 Å². The topological polar surface area (TPSA) is 68.6 Å². The number of benzene rings is 2. The van der Waals surface area contributed by atoms with Crippen LogP contribution in [0.3, 0.4) is 0 Å². The fourth-order valence-electron chi connectivity index (χ4n) is 6.09. The summed E-state index contributed by atoms with van der Waals surface area (Å²) in [6.45, 7) is 3.62. The summed E-state index contributed by atoms with van der Waals surface area (Å²) in [6.07, 6.45) is 9.24. The molecule has 0 radical (unpaired) electrons. The molecule has 2 aromatic carbocycles. The van der Waals surface area contributed by atoms with Gasteiger partial charge in [0, 0.05) is 51.6 Å². The third kappa shape index (κ3) is 7.32.